The van der Waals surface area contributed by atoms with Gasteiger partial charge in [0.1, 0.15) is 0 Å². The molecule has 2 aliphatic rings. The molecule has 0 aromatic carbocycles. The van der Waals surface area contributed by atoms with Crippen molar-refractivity contribution in [2.45, 2.75) is 25.7 Å². The van der Waals surface area contributed by atoms with Crippen molar-refractivity contribution in [1.82, 2.24) is 0 Å². The largest absolute Gasteiger partial charge is 0.478 e. The minimum Gasteiger partial charge on any atom is -0.478 e. The van der Waals surface area contributed by atoms with Crippen LogP contribution in [0.4, 0.5) is 0 Å². The topological polar surface area (TPSA) is 37.3 Å². The molecule has 2 aliphatic carbocycles. The van der Waals surface area contributed by atoms with Gasteiger partial charge in [-0.3, -0.25) is 0 Å². The summed E-state index contributed by atoms with van der Waals surface area (Å²) in [5.41, 5.74) is 0.676. The third-order valence-electron chi connectivity index (χ3n) is 2.86. The molecule has 0 amide bonds. The van der Waals surface area contributed by atoms with Crippen molar-refractivity contribution in [2.75, 3.05) is 0 Å². The molecule has 0 heterocycles. The van der Waals surface area contributed by atoms with Crippen molar-refractivity contribution >= 4 is 5.97 Å². The number of allylic oxidation sites excluding steroid dienone is 1. The van der Waals surface area contributed by atoms with Gasteiger partial charge >= 0.3 is 5.97 Å². The van der Waals surface area contributed by atoms with Crippen LogP contribution in [0.2, 0.25) is 0 Å². The second-order valence-corrected chi connectivity index (χ2v) is 3.48. The molecular formula is C9H12O2. The number of hydrogen-bond acceptors (Lipinski definition) is 1. The molecule has 0 aliphatic heterocycles. The van der Waals surface area contributed by atoms with E-state index >= 15 is 0 Å². The Morgan fingerprint density at radius 1 is 1.45 bits per heavy atom. The van der Waals surface area contributed by atoms with E-state index in [0.29, 0.717) is 17.4 Å². The summed E-state index contributed by atoms with van der Waals surface area (Å²) in [6.45, 7) is 0. The Hall–Kier alpha value is -0.790. The van der Waals surface area contributed by atoms with E-state index < -0.39 is 5.97 Å². The SMILES string of the molecule is O=C(O)C1=CC2CCCCC12. The Balaban J connectivity index is 2.11. The predicted molar refractivity (Wildman–Crippen MR) is 41.2 cm³/mol. The molecule has 11 heavy (non-hydrogen) atoms. The summed E-state index contributed by atoms with van der Waals surface area (Å²) in [5.74, 6) is 0.309. The fourth-order valence-corrected chi connectivity index (χ4v) is 2.21. The number of aliphatic carboxylic acids is 1. The van der Waals surface area contributed by atoms with Crippen molar-refractivity contribution in [3.8, 4) is 0 Å². The molecule has 60 valence electrons. The van der Waals surface area contributed by atoms with Gasteiger partial charge in [0, 0.05) is 5.57 Å². The van der Waals surface area contributed by atoms with Crippen molar-refractivity contribution in [1.29, 1.82) is 0 Å². The molecule has 1 N–H and O–H groups in total. The Bertz CT molecular complexity index is 218. The van der Waals surface area contributed by atoms with E-state index in [4.69, 9.17) is 5.11 Å². The van der Waals surface area contributed by atoms with Gasteiger partial charge in [0.05, 0.1) is 0 Å². The molecule has 0 aromatic heterocycles. The average molecular weight is 152 g/mol. The maximum atomic E-state index is 10.6. The van der Waals surface area contributed by atoms with Gasteiger partial charge in [0.15, 0.2) is 0 Å². The summed E-state index contributed by atoms with van der Waals surface area (Å²) in [6, 6.07) is 0. The zero-order valence-electron chi connectivity index (χ0n) is 6.42. The zero-order valence-corrected chi connectivity index (χ0v) is 6.42. The lowest BCUT2D eigenvalue weighted by atomic mass is 9.67. The highest BCUT2D eigenvalue weighted by molar-refractivity contribution is 5.89. The maximum Gasteiger partial charge on any atom is 0.331 e. The number of carbonyl (C=O) groups is 1. The van der Waals surface area contributed by atoms with Crippen molar-refractivity contribution < 1.29 is 9.90 Å². The first-order valence-electron chi connectivity index (χ1n) is 4.24. The van der Waals surface area contributed by atoms with Gasteiger partial charge in [0.25, 0.3) is 0 Å². The summed E-state index contributed by atoms with van der Waals surface area (Å²) >= 11 is 0. The number of hydrogen-bond donors (Lipinski definition) is 1. The molecular weight excluding hydrogens is 140 g/mol. The number of carboxylic acid groups (broad SMARTS) is 1. The standard InChI is InChI=1S/C9H12O2/c10-9(11)8-5-6-3-1-2-4-7(6)8/h5-7H,1-4H2,(H,10,11). The van der Waals surface area contributed by atoms with Crippen LogP contribution < -0.4 is 0 Å². The molecule has 2 unspecified atom stereocenters. The highest BCUT2D eigenvalue weighted by Crippen LogP contribution is 2.43. The Morgan fingerprint density at radius 2 is 2.18 bits per heavy atom. The van der Waals surface area contributed by atoms with Crippen LogP contribution in [0.1, 0.15) is 25.7 Å². The molecule has 0 saturated heterocycles. The van der Waals surface area contributed by atoms with E-state index in [9.17, 15) is 4.79 Å². The van der Waals surface area contributed by atoms with Gasteiger partial charge < -0.3 is 5.11 Å². The van der Waals surface area contributed by atoms with Crippen molar-refractivity contribution in [2.24, 2.45) is 11.8 Å². The van der Waals surface area contributed by atoms with Crippen LogP contribution in [-0.4, -0.2) is 11.1 Å². The molecule has 1 fully saturated rings. The van der Waals surface area contributed by atoms with E-state index in [0.717, 1.165) is 6.42 Å². The fourth-order valence-electron chi connectivity index (χ4n) is 2.21. The minimum atomic E-state index is -0.701. The summed E-state index contributed by atoms with van der Waals surface area (Å²) in [7, 11) is 0. The first kappa shape index (κ1) is 6.89. The normalized spacial score (nSPS) is 35.1. The Morgan fingerprint density at radius 3 is 2.82 bits per heavy atom. The zero-order chi connectivity index (χ0) is 7.84. The van der Waals surface area contributed by atoms with Crippen LogP contribution >= 0.6 is 0 Å². The first-order chi connectivity index (χ1) is 5.29. The smallest absolute Gasteiger partial charge is 0.331 e. The Kier molecular flexibility index (Phi) is 1.48. The van der Waals surface area contributed by atoms with E-state index in [1.54, 1.807) is 0 Å². The van der Waals surface area contributed by atoms with Crippen LogP contribution in [0.3, 0.4) is 0 Å². The summed E-state index contributed by atoms with van der Waals surface area (Å²) in [4.78, 5) is 10.6. The lowest BCUT2D eigenvalue weighted by Gasteiger charge is -2.37. The van der Waals surface area contributed by atoms with Crippen LogP contribution in [0.15, 0.2) is 11.6 Å². The highest BCUT2D eigenvalue weighted by Gasteiger charge is 2.37. The lowest BCUT2D eigenvalue weighted by Crippen LogP contribution is -2.32. The third-order valence-corrected chi connectivity index (χ3v) is 2.86. The predicted octanol–water partition coefficient (Wildman–Crippen LogP) is 1.82. The van der Waals surface area contributed by atoms with Gasteiger partial charge in [-0.25, -0.2) is 4.79 Å². The third kappa shape index (κ3) is 0.971. The average Bonchev–Trinajstić information content (AvgIpc) is 1.90. The van der Waals surface area contributed by atoms with Crippen LogP contribution in [0, 0.1) is 11.8 Å². The molecule has 0 bridgehead atoms. The van der Waals surface area contributed by atoms with Crippen LogP contribution in [0.25, 0.3) is 0 Å². The summed E-state index contributed by atoms with van der Waals surface area (Å²) in [6.07, 6.45) is 6.74. The summed E-state index contributed by atoms with van der Waals surface area (Å²) in [5, 5.41) is 8.70. The van der Waals surface area contributed by atoms with Gasteiger partial charge in [-0.2, -0.15) is 0 Å². The molecule has 0 spiro atoms. The highest BCUT2D eigenvalue weighted by atomic mass is 16.4. The van der Waals surface area contributed by atoms with Gasteiger partial charge in [-0.05, 0) is 24.7 Å². The fraction of sp³-hybridized carbons (Fsp3) is 0.667. The monoisotopic (exact) mass is 152 g/mol. The minimum absolute atomic E-state index is 0.404. The second-order valence-electron chi connectivity index (χ2n) is 3.48. The maximum absolute atomic E-state index is 10.6. The van der Waals surface area contributed by atoms with E-state index in [2.05, 4.69) is 0 Å². The molecule has 0 radical (unpaired) electrons. The Labute approximate surface area is 65.9 Å². The molecule has 2 atom stereocenters. The number of rotatable bonds is 1. The first-order valence-corrected chi connectivity index (χ1v) is 4.24. The van der Waals surface area contributed by atoms with E-state index in [-0.39, 0.29) is 0 Å². The number of carboxylic acids is 1. The van der Waals surface area contributed by atoms with E-state index in [1.165, 1.54) is 19.3 Å². The molecule has 2 nitrogen and oxygen atoms in total. The van der Waals surface area contributed by atoms with Gasteiger partial charge in [0.2, 0.25) is 0 Å². The van der Waals surface area contributed by atoms with Gasteiger partial charge in [-0.1, -0.05) is 18.9 Å². The quantitative estimate of drug-likeness (QED) is 0.622. The lowest BCUT2D eigenvalue weighted by molar-refractivity contribution is -0.134. The molecule has 1 saturated carbocycles. The van der Waals surface area contributed by atoms with Crippen molar-refractivity contribution in [3.05, 3.63) is 11.6 Å². The van der Waals surface area contributed by atoms with Crippen LogP contribution in [-0.2, 0) is 4.79 Å². The van der Waals surface area contributed by atoms with Crippen molar-refractivity contribution in [3.63, 3.8) is 0 Å². The molecule has 2 heteroatoms. The van der Waals surface area contributed by atoms with E-state index in [1.807, 2.05) is 6.08 Å². The van der Waals surface area contributed by atoms with Crippen LogP contribution in [0.5, 0.6) is 0 Å². The summed E-state index contributed by atoms with van der Waals surface area (Å²) < 4.78 is 0. The van der Waals surface area contributed by atoms with Gasteiger partial charge in [-0.15, -0.1) is 0 Å². The molecule has 0 aromatic rings. The molecule has 2 rings (SSSR count). The number of fused-ring (bicyclic) bond motifs is 1. The second kappa shape index (κ2) is 2.36.